The van der Waals surface area contributed by atoms with Gasteiger partial charge in [0, 0.05) is 12.1 Å². The number of hydrogen-bond acceptors (Lipinski definition) is 2. The maximum atomic E-state index is 12.5. The van der Waals surface area contributed by atoms with Crippen LogP contribution in [-0.4, -0.2) is 23.9 Å². The molecule has 5 aliphatic carbocycles. The normalized spacial score (nSPS) is 38.8. The lowest BCUT2D eigenvalue weighted by Gasteiger charge is -2.59. The lowest BCUT2D eigenvalue weighted by atomic mass is 9.48. The number of amides is 2. The SMILES string of the molecule is CC(NC(=O)C(=O)NC1CCCCCC1)C12CC3CC(CC(C3)C1)C2. The van der Waals surface area contributed by atoms with Crippen molar-refractivity contribution in [1.29, 1.82) is 0 Å². The van der Waals surface area contributed by atoms with Crippen molar-refractivity contribution in [3.8, 4) is 0 Å². The molecule has 0 heterocycles. The van der Waals surface area contributed by atoms with E-state index >= 15 is 0 Å². The Morgan fingerprint density at radius 1 is 0.840 bits per heavy atom. The summed E-state index contributed by atoms with van der Waals surface area (Å²) >= 11 is 0. The molecule has 0 spiro atoms. The lowest BCUT2D eigenvalue weighted by Crippen LogP contribution is -2.57. The van der Waals surface area contributed by atoms with Crippen LogP contribution in [0.2, 0.25) is 0 Å². The molecular formula is C21H34N2O2. The predicted molar refractivity (Wildman–Crippen MR) is 97.8 cm³/mol. The molecule has 25 heavy (non-hydrogen) atoms. The fourth-order valence-electron chi connectivity index (χ4n) is 6.80. The number of nitrogens with one attached hydrogen (secondary N) is 2. The molecular weight excluding hydrogens is 312 g/mol. The second-order valence-corrected chi connectivity index (χ2v) is 9.64. The molecule has 0 radical (unpaired) electrons. The van der Waals surface area contributed by atoms with Crippen LogP contribution in [0.25, 0.3) is 0 Å². The first kappa shape index (κ1) is 17.4. The Morgan fingerprint density at radius 2 is 1.36 bits per heavy atom. The minimum Gasteiger partial charge on any atom is -0.345 e. The second-order valence-electron chi connectivity index (χ2n) is 9.64. The monoisotopic (exact) mass is 346 g/mol. The molecule has 4 heteroatoms. The maximum absolute atomic E-state index is 12.5. The smallest absolute Gasteiger partial charge is 0.309 e. The van der Waals surface area contributed by atoms with Crippen molar-refractivity contribution in [3.63, 3.8) is 0 Å². The van der Waals surface area contributed by atoms with Crippen molar-refractivity contribution in [1.82, 2.24) is 10.6 Å². The molecule has 4 bridgehead atoms. The van der Waals surface area contributed by atoms with Crippen LogP contribution in [0.5, 0.6) is 0 Å². The summed E-state index contributed by atoms with van der Waals surface area (Å²) in [5.74, 6) is 1.78. The highest BCUT2D eigenvalue weighted by Gasteiger charge is 2.53. The minimum atomic E-state index is -0.413. The molecule has 0 aromatic carbocycles. The van der Waals surface area contributed by atoms with Crippen LogP contribution in [0.1, 0.15) is 84.0 Å². The first-order valence-corrected chi connectivity index (χ1v) is 10.7. The van der Waals surface area contributed by atoms with Crippen LogP contribution < -0.4 is 10.6 Å². The largest absolute Gasteiger partial charge is 0.345 e. The zero-order chi connectivity index (χ0) is 17.4. The standard InChI is InChI=1S/C21H34N2O2/c1-14(21-11-15-8-16(12-21)10-17(9-15)13-21)22-19(24)20(25)23-18-6-4-2-3-5-7-18/h14-18H,2-13H2,1H3,(H,22,24)(H,23,25). The average molecular weight is 347 g/mol. The highest BCUT2D eigenvalue weighted by molar-refractivity contribution is 6.35. The van der Waals surface area contributed by atoms with Gasteiger partial charge in [-0.2, -0.15) is 0 Å². The van der Waals surface area contributed by atoms with Crippen LogP contribution >= 0.6 is 0 Å². The summed E-state index contributed by atoms with van der Waals surface area (Å²) in [7, 11) is 0. The predicted octanol–water partition coefficient (Wildman–Crippen LogP) is 3.55. The van der Waals surface area contributed by atoms with Crippen LogP contribution in [-0.2, 0) is 9.59 Å². The summed E-state index contributed by atoms with van der Waals surface area (Å²) in [5, 5.41) is 6.08. The Hall–Kier alpha value is -1.06. The van der Waals surface area contributed by atoms with Crippen LogP contribution in [0.3, 0.4) is 0 Å². The minimum absolute atomic E-state index is 0.119. The van der Waals surface area contributed by atoms with Gasteiger partial charge in [0.25, 0.3) is 0 Å². The Balaban J connectivity index is 1.33. The third kappa shape index (κ3) is 3.59. The first-order valence-electron chi connectivity index (χ1n) is 10.7. The number of hydrogen-bond donors (Lipinski definition) is 2. The van der Waals surface area contributed by atoms with Gasteiger partial charge in [0.05, 0.1) is 0 Å². The molecule has 140 valence electrons. The Bertz CT molecular complexity index is 487. The van der Waals surface area contributed by atoms with E-state index in [0.29, 0.717) is 0 Å². The molecule has 2 amide bonds. The second kappa shape index (κ2) is 6.92. The van der Waals surface area contributed by atoms with Crippen LogP contribution in [0, 0.1) is 23.2 Å². The molecule has 4 nitrogen and oxygen atoms in total. The summed E-state index contributed by atoms with van der Waals surface area (Å²) in [6, 6.07) is 0.309. The van der Waals surface area contributed by atoms with Gasteiger partial charge in [-0.05, 0) is 81.5 Å². The van der Waals surface area contributed by atoms with Gasteiger partial charge >= 0.3 is 11.8 Å². The average Bonchev–Trinajstić information content (AvgIpc) is 2.82. The fourth-order valence-corrected chi connectivity index (χ4v) is 6.80. The van der Waals surface area contributed by atoms with Gasteiger partial charge < -0.3 is 10.6 Å². The topological polar surface area (TPSA) is 58.2 Å². The van der Waals surface area contributed by atoms with E-state index < -0.39 is 11.8 Å². The van der Waals surface area contributed by atoms with Gasteiger partial charge in [-0.1, -0.05) is 25.7 Å². The zero-order valence-electron chi connectivity index (χ0n) is 15.7. The van der Waals surface area contributed by atoms with E-state index in [0.717, 1.165) is 43.4 Å². The van der Waals surface area contributed by atoms with Gasteiger partial charge in [-0.3, -0.25) is 9.59 Å². The number of rotatable bonds is 3. The zero-order valence-corrected chi connectivity index (χ0v) is 15.7. The Morgan fingerprint density at radius 3 is 1.88 bits per heavy atom. The van der Waals surface area contributed by atoms with Gasteiger partial charge in [0.15, 0.2) is 0 Å². The molecule has 5 saturated carbocycles. The number of carbonyl (C=O) groups is 2. The summed E-state index contributed by atoms with van der Waals surface area (Å²) in [6.07, 6.45) is 14.8. The van der Waals surface area contributed by atoms with Gasteiger partial charge in [0.2, 0.25) is 0 Å². The van der Waals surface area contributed by atoms with Crippen molar-refractivity contribution in [2.24, 2.45) is 23.2 Å². The quantitative estimate of drug-likeness (QED) is 0.606. The molecule has 0 aromatic heterocycles. The van der Waals surface area contributed by atoms with Crippen molar-refractivity contribution < 1.29 is 9.59 Å². The van der Waals surface area contributed by atoms with Crippen molar-refractivity contribution in [2.75, 3.05) is 0 Å². The maximum Gasteiger partial charge on any atom is 0.309 e. The van der Waals surface area contributed by atoms with E-state index in [2.05, 4.69) is 17.6 Å². The third-order valence-corrected chi connectivity index (χ3v) is 7.75. The third-order valence-electron chi connectivity index (χ3n) is 7.75. The molecule has 0 aliphatic heterocycles. The van der Waals surface area contributed by atoms with Crippen LogP contribution in [0.15, 0.2) is 0 Å². The molecule has 0 aromatic rings. The molecule has 5 rings (SSSR count). The summed E-state index contributed by atoms with van der Waals surface area (Å²) in [4.78, 5) is 24.8. The lowest BCUT2D eigenvalue weighted by molar-refractivity contribution is -0.142. The first-order chi connectivity index (χ1) is 12.0. The van der Waals surface area contributed by atoms with Crippen molar-refractivity contribution in [3.05, 3.63) is 0 Å². The summed E-state index contributed by atoms with van der Waals surface area (Å²) < 4.78 is 0. The Kier molecular flexibility index (Phi) is 4.81. The molecule has 5 aliphatic rings. The van der Waals surface area contributed by atoms with E-state index in [1.165, 1.54) is 51.4 Å². The summed E-state index contributed by atoms with van der Waals surface area (Å²) in [5.41, 5.74) is 0.257. The highest BCUT2D eigenvalue weighted by Crippen LogP contribution is 2.61. The van der Waals surface area contributed by atoms with E-state index in [1.807, 2.05) is 0 Å². The highest BCUT2D eigenvalue weighted by atomic mass is 16.2. The van der Waals surface area contributed by atoms with Gasteiger partial charge in [-0.15, -0.1) is 0 Å². The van der Waals surface area contributed by atoms with Gasteiger partial charge in [0.1, 0.15) is 0 Å². The van der Waals surface area contributed by atoms with Crippen molar-refractivity contribution in [2.45, 2.75) is 96.1 Å². The van der Waals surface area contributed by atoms with Crippen LogP contribution in [0.4, 0.5) is 0 Å². The summed E-state index contributed by atoms with van der Waals surface area (Å²) in [6.45, 7) is 2.14. The van der Waals surface area contributed by atoms with Gasteiger partial charge in [-0.25, -0.2) is 0 Å². The van der Waals surface area contributed by atoms with E-state index in [4.69, 9.17) is 0 Å². The molecule has 0 saturated heterocycles. The van der Waals surface area contributed by atoms with E-state index in [1.54, 1.807) is 0 Å². The molecule has 1 atom stereocenters. The molecule has 2 N–H and O–H groups in total. The Labute approximate surface area is 151 Å². The van der Waals surface area contributed by atoms with E-state index in [9.17, 15) is 9.59 Å². The van der Waals surface area contributed by atoms with E-state index in [-0.39, 0.29) is 17.5 Å². The van der Waals surface area contributed by atoms with Crippen molar-refractivity contribution >= 4 is 11.8 Å². The fraction of sp³-hybridized carbons (Fsp3) is 0.905. The number of carbonyl (C=O) groups excluding carboxylic acids is 2. The molecule has 1 unspecified atom stereocenters. The molecule has 5 fully saturated rings.